The van der Waals surface area contributed by atoms with E-state index in [1.807, 2.05) is 0 Å². The second-order valence-electron chi connectivity index (χ2n) is 4.12. The van der Waals surface area contributed by atoms with E-state index in [1.165, 1.54) is 0 Å². The molecule has 3 N–H and O–H groups in total. The zero-order chi connectivity index (χ0) is 10.5. The van der Waals surface area contributed by atoms with Crippen molar-refractivity contribution in [3.05, 3.63) is 0 Å². The normalized spacial score (nSPS) is 32.3. The van der Waals surface area contributed by atoms with Crippen LogP contribution in [0.25, 0.3) is 0 Å². The molecule has 0 spiro atoms. The Bertz CT molecular complexity index is 211. The molecule has 2 rings (SSSR count). The number of hydrogen-bond acceptors (Lipinski definition) is 4. The standard InChI is InChI=1S/C10H19N3O2/c14-10(9-7-12-4-5-15-9)13-8-2-1-3-11-6-8/h8-9,11-12H,1-7H2,(H,13,14)/t8-,9+/m0/s1. The number of morpholine rings is 1. The van der Waals surface area contributed by atoms with E-state index in [0.717, 1.165) is 32.5 Å². The molecule has 2 aliphatic heterocycles. The van der Waals surface area contributed by atoms with E-state index in [1.54, 1.807) is 0 Å². The number of ether oxygens (including phenoxy) is 1. The first-order valence-electron chi connectivity index (χ1n) is 5.69. The summed E-state index contributed by atoms with van der Waals surface area (Å²) < 4.78 is 5.39. The monoisotopic (exact) mass is 213 g/mol. The van der Waals surface area contributed by atoms with Gasteiger partial charge in [-0.05, 0) is 19.4 Å². The highest BCUT2D eigenvalue weighted by Gasteiger charge is 2.24. The van der Waals surface area contributed by atoms with Gasteiger partial charge < -0.3 is 20.7 Å². The van der Waals surface area contributed by atoms with Gasteiger partial charge in [-0.2, -0.15) is 0 Å². The van der Waals surface area contributed by atoms with Crippen molar-refractivity contribution in [2.45, 2.75) is 25.0 Å². The maximum Gasteiger partial charge on any atom is 0.250 e. The molecule has 2 saturated heterocycles. The van der Waals surface area contributed by atoms with Crippen molar-refractivity contribution in [3.63, 3.8) is 0 Å². The lowest BCUT2D eigenvalue weighted by molar-refractivity contribution is -0.135. The number of carbonyl (C=O) groups excluding carboxylic acids is 1. The molecule has 0 aromatic carbocycles. The summed E-state index contributed by atoms with van der Waals surface area (Å²) in [6, 6.07) is 0.275. The Morgan fingerprint density at radius 3 is 2.80 bits per heavy atom. The third-order valence-corrected chi connectivity index (χ3v) is 2.86. The van der Waals surface area contributed by atoms with Gasteiger partial charge in [0.25, 0.3) is 5.91 Å². The molecule has 1 amide bonds. The fourth-order valence-electron chi connectivity index (χ4n) is 2.00. The maximum absolute atomic E-state index is 11.8. The minimum Gasteiger partial charge on any atom is -0.366 e. The molecule has 2 aliphatic rings. The molecular weight excluding hydrogens is 194 g/mol. The number of hydrogen-bond donors (Lipinski definition) is 3. The van der Waals surface area contributed by atoms with Crippen LogP contribution in [-0.4, -0.2) is 50.8 Å². The fraction of sp³-hybridized carbons (Fsp3) is 0.900. The number of carbonyl (C=O) groups is 1. The van der Waals surface area contributed by atoms with Crippen molar-refractivity contribution in [1.82, 2.24) is 16.0 Å². The molecule has 86 valence electrons. The van der Waals surface area contributed by atoms with E-state index in [9.17, 15) is 4.79 Å². The average molecular weight is 213 g/mol. The third kappa shape index (κ3) is 3.15. The molecule has 5 heteroatoms. The second kappa shape index (κ2) is 5.44. The third-order valence-electron chi connectivity index (χ3n) is 2.86. The molecule has 5 nitrogen and oxygen atoms in total. The Hall–Kier alpha value is -0.650. The maximum atomic E-state index is 11.8. The van der Waals surface area contributed by atoms with E-state index < -0.39 is 0 Å². The van der Waals surface area contributed by atoms with Crippen molar-refractivity contribution < 1.29 is 9.53 Å². The van der Waals surface area contributed by atoms with Crippen molar-refractivity contribution >= 4 is 5.91 Å². The fourth-order valence-corrected chi connectivity index (χ4v) is 2.00. The highest BCUT2D eigenvalue weighted by Crippen LogP contribution is 2.03. The van der Waals surface area contributed by atoms with Gasteiger partial charge in [0.05, 0.1) is 6.61 Å². The summed E-state index contributed by atoms with van der Waals surface area (Å²) in [5.41, 5.74) is 0. The number of rotatable bonds is 2. The first kappa shape index (κ1) is 10.9. The summed E-state index contributed by atoms with van der Waals surface area (Å²) in [4.78, 5) is 11.8. The summed E-state index contributed by atoms with van der Waals surface area (Å²) in [7, 11) is 0. The molecule has 0 bridgehead atoms. The van der Waals surface area contributed by atoms with Gasteiger partial charge in [-0.25, -0.2) is 0 Å². The summed E-state index contributed by atoms with van der Waals surface area (Å²) in [5.74, 6) is 0.0240. The molecule has 0 saturated carbocycles. The predicted octanol–water partition coefficient (Wildman–Crippen LogP) is -1.16. The van der Waals surface area contributed by atoms with Crippen LogP contribution >= 0.6 is 0 Å². The summed E-state index contributed by atoms with van der Waals surface area (Å²) >= 11 is 0. The molecule has 0 aliphatic carbocycles. The van der Waals surface area contributed by atoms with E-state index in [-0.39, 0.29) is 18.1 Å². The summed E-state index contributed by atoms with van der Waals surface area (Å²) in [6.45, 7) is 4.04. The Morgan fingerprint density at radius 1 is 1.27 bits per heavy atom. The summed E-state index contributed by atoms with van der Waals surface area (Å²) in [5, 5.41) is 9.45. The van der Waals surface area contributed by atoms with Gasteiger partial charge in [0.2, 0.25) is 0 Å². The van der Waals surface area contributed by atoms with Crippen molar-refractivity contribution in [2.75, 3.05) is 32.8 Å². The van der Waals surface area contributed by atoms with Gasteiger partial charge >= 0.3 is 0 Å². The van der Waals surface area contributed by atoms with Gasteiger partial charge in [0, 0.05) is 25.7 Å². The molecule has 2 fully saturated rings. The summed E-state index contributed by atoms with van der Waals surface area (Å²) in [6.07, 6.45) is 1.90. The molecule has 0 aromatic heterocycles. The molecule has 0 unspecified atom stereocenters. The molecule has 0 radical (unpaired) electrons. The Labute approximate surface area is 89.9 Å². The smallest absolute Gasteiger partial charge is 0.250 e. The van der Waals surface area contributed by atoms with Gasteiger partial charge in [0.1, 0.15) is 6.10 Å². The van der Waals surface area contributed by atoms with E-state index in [2.05, 4.69) is 16.0 Å². The highest BCUT2D eigenvalue weighted by atomic mass is 16.5. The largest absolute Gasteiger partial charge is 0.366 e. The van der Waals surface area contributed by atoms with Crippen LogP contribution in [0.15, 0.2) is 0 Å². The van der Waals surface area contributed by atoms with Crippen LogP contribution in [-0.2, 0) is 9.53 Å². The first-order chi connectivity index (χ1) is 7.36. The van der Waals surface area contributed by atoms with Crippen LogP contribution in [0.4, 0.5) is 0 Å². The van der Waals surface area contributed by atoms with Crippen molar-refractivity contribution in [1.29, 1.82) is 0 Å². The predicted molar refractivity (Wildman–Crippen MR) is 56.6 cm³/mol. The zero-order valence-corrected chi connectivity index (χ0v) is 8.92. The van der Waals surface area contributed by atoms with Gasteiger partial charge in [0.15, 0.2) is 0 Å². The van der Waals surface area contributed by atoms with Crippen LogP contribution in [0, 0.1) is 0 Å². The Balaban J connectivity index is 1.74. The quantitative estimate of drug-likeness (QED) is 0.541. The topological polar surface area (TPSA) is 62.4 Å². The van der Waals surface area contributed by atoms with Crippen molar-refractivity contribution in [3.8, 4) is 0 Å². The van der Waals surface area contributed by atoms with Gasteiger partial charge in [-0.15, -0.1) is 0 Å². The van der Waals surface area contributed by atoms with Gasteiger partial charge in [-0.1, -0.05) is 0 Å². The lowest BCUT2D eigenvalue weighted by Gasteiger charge is -2.28. The molecule has 15 heavy (non-hydrogen) atoms. The molecule has 2 heterocycles. The second-order valence-corrected chi connectivity index (χ2v) is 4.12. The lowest BCUT2D eigenvalue weighted by Crippen LogP contribution is -2.53. The van der Waals surface area contributed by atoms with E-state index in [4.69, 9.17) is 4.74 Å². The van der Waals surface area contributed by atoms with E-state index in [0.29, 0.717) is 13.2 Å². The van der Waals surface area contributed by atoms with Crippen LogP contribution < -0.4 is 16.0 Å². The highest BCUT2D eigenvalue weighted by molar-refractivity contribution is 5.81. The minimum atomic E-state index is -0.305. The Kier molecular flexibility index (Phi) is 3.94. The van der Waals surface area contributed by atoms with Crippen LogP contribution in [0.5, 0.6) is 0 Å². The average Bonchev–Trinajstić information content (AvgIpc) is 2.31. The van der Waals surface area contributed by atoms with Crippen LogP contribution in [0.1, 0.15) is 12.8 Å². The number of piperidine rings is 1. The first-order valence-corrected chi connectivity index (χ1v) is 5.69. The SMILES string of the molecule is O=C(N[C@H]1CCCNC1)[C@H]1CNCCO1. The van der Waals surface area contributed by atoms with Crippen LogP contribution in [0.3, 0.4) is 0 Å². The molecule has 0 aromatic rings. The molecular formula is C10H19N3O2. The van der Waals surface area contributed by atoms with Crippen molar-refractivity contribution in [2.24, 2.45) is 0 Å². The minimum absolute atomic E-state index is 0.0240. The molecule has 2 atom stereocenters. The Morgan fingerprint density at radius 2 is 2.13 bits per heavy atom. The van der Waals surface area contributed by atoms with Crippen LogP contribution in [0.2, 0.25) is 0 Å². The van der Waals surface area contributed by atoms with E-state index >= 15 is 0 Å². The zero-order valence-electron chi connectivity index (χ0n) is 8.92. The van der Waals surface area contributed by atoms with Gasteiger partial charge in [-0.3, -0.25) is 4.79 Å². The number of nitrogens with one attached hydrogen (secondary N) is 3. The number of amides is 1. The lowest BCUT2D eigenvalue weighted by atomic mass is 10.1.